The molecule has 0 aliphatic carbocycles. The normalized spacial score (nSPS) is 11.0. The van der Waals surface area contributed by atoms with Gasteiger partial charge in [-0.2, -0.15) is 4.98 Å². The molecule has 3 aromatic rings. The van der Waals surface area contributed by atoms with Crippen molar-refractivity contribution in [3.05, 3.63) is 56.5 Å². The molecular formula is C16H14BrN2OS+. The number of aryl methyl sites for hydroxylation is 2. The molecule has 5 heteroatoms. The lowest BCUT2D eigenvalue weighted by molar-refractivity contribution is -0.351. The Morgan fingerprint density at radius 1 is 1.24 bits per heavy atom. The third-order valence-electron chi connectivity index (χ3n) is 3.40. The molecule has 1 aromatic carbocycles. The summed E-state index contributed by atoms with van der Waals surface area (Å²) >= 11 is 4.79. The van der Waals surface area contributed by atoms with Crippen LogP contribution in [-0.4, -0.2) is 5.78 Å². The molecule has 106 valence electrons. The number of carbonyl (C=O) groups excluding carboxylic acids is 1. The summed E-state index contributed by atoms with van der Waals surface area (Å²) in [6.45, 7) is 4.01. The molecule has 0 aliphatic rings. The first-order valence-corrected chi connectivity index (χ1v) is 8.10. The molecule has 0 bridgehead atoms. The standard InChI is InChI=1S/C16H13BrN2OS/c1-8-7-9(2)19-16-12(8)13(18)15(21-16)14(20)10-3-5-11(17)6-4-10/h3-7H,18H2,1-2H3/p+1. The number of nitrogen functional groups attached to an aromatic ring is 1. The number of nitrogens with one attached hydrogen (secondary N) is 1. The number of ketones is 1. The minimum absolute atomic E-state index is 0.0355. The van der Waals surface area contributed by atoms with Crippen molar-refractivity contribution >= 4 is 49.0 Å². The van der Waals surface area contributed by atoms with E-state index >= 15 is 0 Å². The van der Waals surface area contributed by atoms with E-state index in [0.29, 0.717) is 16.1 Å². The van der Waals surface area contributed by atoms with Gasteiger partial charge in [-0.3, -0.25) is 4.79 Å². The van der Waals surface area contributed by atoms with E-state index in [2.05, 4.69) is 20.9 Å². The number of thiophene rings is 1. The molecule has 0 unspecified atom stereocenters. The minimum Gasteiger partial charge on any atom is -0.397 e. The lowest BCUT2D eigenvalue weighted by Gasteiger charge is -2.00. The number of H-pyrrole nitrogens is 1. The molecule has 0 fully saturated rings. The molecule has 3 nitrogen and oxygen atoms in total. The lowest BCUT2D eigenvalue weighted by Crippen LogP contribution is -2.07. The average molecular weight is 362 g/mol. The van der Waals surface area contributed by atoms with E-state index in [1.165, 1.54) is 11.3 Å². The first-order valence-electron chi connectivity index (χ1n) is 6.49. The highest BCUT2D eigenvalue weighted by molar-refractivity contribution is 9.10. The van der Waals surface area contributed by atoms with Crippen molar-refractivity contribution in [3.8, 4) is 0 Å². The van der Waals surface area contributed by atoms with E-state index in [9.17, 15) is 4.79 Å². The second-order valence-corrected chi connectivity index (χ2v) is 6.96. The third-order valence-corrected chi connectivity index (χ3v) is 5.04. The molecule has 3 N–H and O–H groups in total. The molecule has 0 saturated carbocycles. The third kappa shape index (κ3) is 2.47. The Bertz CT molecular complexity index is 853. The molecule has 0 radical (unpaired) electrons. The molecule has 21 heavy (non-hydrogen) atoms. The fourth-order valence-corrected chi connectivity index (χ4v) is 3.91. The van der Waals surface area contributed by atoms with Crippen LogP contribution in [0, 0.1) is 13.8 Å². The van der Waals surface area contributed by atoms with Gasteiger partial charge in [0.05, 0.1) is 11.1 Å². The van der Waals surface area contributed by atoms with Crippen LogP contribution in [0.5, 0.6) is 0 Å². The molecule has 0 saturated heterocycles. The van der Waals surface area contributed by atoms with Gasteiger partial charge in [0.15, 0.2) is 5.69 Å². The van der Waals surface area contributed by atoms with Crippen LogP contribution >= 0.6 is 27.3 Å². The number of hydrogen-bond acceptors (Lipinski definition) is 3. The van der Waals surface area contributed by atoms with Gasteiger partial charge in [0.1, 0.15) is 4.88 Å². The summed E-state index contributed by atoms with van der Waals surface area (Å²) in [6, 6.07) is 9.37. The van der Waals surface area contributed by atoms with Gasteiger partial charge in [-0.25, -0.2) is 0 Å². The van der Waals surface area contributed by atoms with Crippen LogP contribution in [0.3, 0.4) is 0 Å². The highest BCUT2D eigenvalue weighted by atomic mass is 79.9. The number of rotatable bonds is 2. The minimum atomic E-state index is -0.0355. The van der Waals surface area contributed by atoms with Gasteiger partial charge >= 0.3 is 0 Å². The van der Waals surface area contributed by atoms with E-state index in [1.807, 2.05) is 32.0 Å². The maximum absolute atomic E-state index is 12.6. The van der Waals surface area contributed by atoms with Gasteiger partial charge in [0, 0.05) is 23.0 Å². The molecule has 0 aliphatic heterocycles. The van der Waals surface area contributed by atoms with Crippen LogP contribution in [0.4, 0.5) is 5.69 Å². The van der Waals surface area contributed by atoms with Crippen molar-refractivity contribution in [1.29, 1.82) is 0 Å². The van der Waals surface area contributed by atoms with Gasteiger partial charge in [0.2, 0.25) is 5.78 Å². The monoisotopic (exact) mass is 361 g/mol. The van der Waals surface area contributed by atoms with Crippen LogP contribution in [0.15, 0.2) is 34.8 Å². The Kier molecular flexibility index (Phi) is 3.55. The number of benzene rings is 1. The molecule has 2 aromatic heterocycles. The number of fused-ring (bicyclic) bond motifs is 1. The average Bonchev–Trinajstić information content (AvgIpc) is 2.76. The topological polar surface area (TPSA) is 57.2 Å². The van der Waals surface area contributed by atoms with Crippen LogP contribution in [0.25, 0.3) is 10.2 Å². The van der Waals surface area contributed by atoms with Crippen LogP contribution < -0.4 is 10.7 Å². The van der Waals surface area contributed by atoms with Crippen LogP contribution in [-0.2, 0) is 0 Å². The Morgan fingerprint density at radius 2 is 1.90 bits per heavy atom. The predicted octanol–water partition coefficient (Wildman–Crippen LogP) is 3.91. The fourth-order valence-electron chi connectivity index (χ4n) is 2.44. The number of anilines is 1. The van der Waals surface area contributed by atoms with Gasteiger partial charge in [-0.15, -0.1) is 0 Å². The van der Waals surface area contributed by atoms with Crippen molar-refractivity contribution in [2.45, 2.75) is 13.8 Å². The van der Waals surface area contributed by atoms with Crippen molar-refractivity contribution in [2.24, 2.45) is 0 Å². The summed E-state index contributed by atoms with van der Waals surface area (Å²) < 4.78 is 0.947. The maximum Gasteiger partial charge on any atom is 0.270 e. The zero-order chi connectivity index (χ0) is 15.1. The Balaban J connectivity index is 2.16. The Labute approximate surface area is 134 Å². The zero-order valence-electron chi connectivity index (χ0n) is 11.7. The fraction of sp³-hybridized carbons (Fsp3) is 0.125. The number of carbonyl (C=O) groups is 1. The SMILES string of the molecule is Cc1cc(C)c2c(N)c(C(=O)c3ccc(Br)cc3)sc2[nH+]1. The Morgan fingerprint density at radius 3 is 2.57 bits per heavy atom. The smallest absolute Gasteiger partial charge is 0.270 e. The van der Waals surface area contributed by atoms with Crippen molar-refractivity contribution < 1.29 is 9.78 Å². The molecule has 3 rings (SSSR count). The summed E-state index contributed by atoms with van der Waals surface area (Å²) in [5.74, 6) is -0.0355. The van der Waals surface area contributed by atoms with Crippen molar-refractivity contribution in [1.82, 2.24) is 0 Å². The summed E-state index contributed by atoms with van der Waals surface area (Å²) in [5, 5.41) is 0.950. The summed E-state index contributed by atoms with van der Waals surface area (Å²) in [7, 11) is 0. The lowest BCUT2D eigenvalue weighted by atomic mass is 10.1. The van der Waals surface area contributed by atoms with Crippen LogP contribution in [0.2, 0.25) is 0 Å². The highest BCUT2D eigenvalue weighted by Crippen LogP contribution is 2.34. The number of hydrogen-bond donors (Lipinski definition) is 1. The van der Waals surface area contributed by atoms with Gasteiger partial charge < -0.3 is 5.73 Å². The first-order chi connectivity index (χ1) is 9.97. The number of aromatic amines is 1. The molecule has 2 heterocycles. The second-order valence-electron chi connectivity index (χ2n) is 5.02. The van der Waals surface area contributed by atoms with Gasteiger partial charge in [0.25, 0.3) is 4.83 Å². The molecule has 0 amide bonds. The number of aromatic nitrogens is 1. The zero-order valence-corrected chi connectivity index (χ0v) is 14.1. The highest BCUT2D eigenvalue weighted by Gasteiger charge is 2.22. The maximum atomic E-state index is 12.6. The largest absolute Gasteiger partial charge is 0.397 e. The van der Waals surface area contributed by atoms with Crippen molar-refractivity contribution in [3.63, 3.8) is 0 Å². The van der Waals surface area contributed by atoms with E-state index < -0.39 is 0 Å². The van der Waals surface area contributed by atoms with E-state index in [0.717, 1.165) is 25.9 Å². The van der Waals surface area contributed by atoms with E-state index in [4.69, 9.17) is 5.73 Å². The van der Waals surface area contributed by atoms with E-state index in [1.54, 1.807) is 12.1 Å². The van der Waals surface area contributed by atoms with E-state index in [-0.39, 0.29) is 5.78 Å². The second kappa shape index (κ2) is 5.24. The summed E-state index contributed by atoms with van der Waals surface area (Å²) in [6.07, 6.45) is 0. The molecular weight excluding hydrogens is 348 g/mol. The predicted molar refractivity (Wildman–Crippen MR) is 89.8 cm³/mol. The molecule has 0 atom stereocenters. The van der Waals surface area contributed by atoms with Crippen LogP contribution in [0.1, 0.15) is 26.5 Å². The number of pyridine rings is 1. The Hall–Kier alpha value is -1.72. The van der Waals surface area contributed by atoms with Gasteiger partial charge in [-0.05, 0) is 36.8 Å². The molecule has 0 spiro atoms. The summed E-state index contributed by atoms with van der Waals surface area (Å²) in [4.78, 5) is 17.5. The van der Waals surface area contributed by atoms with Crippen molar-refractivity contribution in [2.75, 3.05) is 5.73 Å². The quantitative estimate of drug-likeness (QED) is 0.703. The number of halogens is 1. The number of nitrogens with two attached hydrogens (primary N) is 1. The first kappa shape index (κ1) is 14.2. The summed E-state index contributed by atoms with van der Waals surface area (Å²) in [5.41, 5.74) is 9.58. The van der Waals surface area contributed by atoms with Gasteiger partial charge in [-0.1, -0.05) is 27.3 Å².